The average molecular weight is 274 g/mol. The van der Waals surface area contributed by atoms with Crippen molar-refractivity contribution < 1.29 is 9.21 Å². The molecule has 3 N–H and O–H groups in total. The van der Waals surface area contributed by atoms with Gasteiger partial charge in [0.25, 0.3) is 0 Å². The van der Waals surface area contributed by atoms with Crippen molar-refractivity contribution in [3.63, 3.8) is 0 Å². The van der Waals surface area contributed by atoms with Crippen LogP contribution in [0.2, 0.25) is 0 Å². The van der Waals surface area contributed by atoms with E-state index in [4.69, 9.17) is 10.2 Å². The van der Waals surface area contributed by atoms with Gasteiger partial charge in [0.1, 0.15) is 0 Å². The molecule has 0 saturated carbocycles. The summed E-state index contributed by atoms with van der Waals surface area (Å²) in [5, 5.41) is 10.4. The molecule has 0 spiro atoms. The Kier molecular flexibility index (Phi) is 4.47. The largest absolute Gasteiger partial charge is 0.423 e. The average Bonchev–Trinajstić information content (AvgIpc) is 2.95. The third-order valence-electron chi connectivity index (χ3n) is 3.09. The van der Waals surface area contributed by atoms with Crippen LogP contribution in [0, 0.1) is 6.92 Å². The minimum Gasteiger partial charge on any atom is -0.423 e. The molecule has 1 atom stereocenters. The van der Waals surface area contributed by atoms with E-state index < -0.39 is 0 Å². The predicted molar refractivity (Wildman–Crippen MR) is 76.0 cm³/mol. The molecule has 6 heteroatoms. The van der Waals surface area contributed by atoms with Gasteiger partial charge in [0.2, 0.25) is 18.2 Å². The van der Waals surface area contributed by atoms with Gasteiger partial charge in [-0.15, -0.1) is 10.2 Å². The Hall–Kier alpha value is -2.21. The predicted octanol–water partition coefficient (Wildman–Crippen LogP) is 2.11. The van der Waals surface area contributed by atoms with Gasteiger partial charge in [0.15, 0.2) is 0 Å². The van der Waals surface area contributed by atoms with Crippen molar-refractivity contribution in [2.24, 2.45) is 5.73 Å². The lowest BCUT2D eigenvalue weighted by molar-refractivity contribution is -0.116. The fraction of sp³-hybridized carbons (Fsp3) is 0.357. The summed E-state index contributed by atoms with van der Waals surface area (Å²) in [6.45, 7) is 3.88. The summed E-state index contributed by atoms with van der Waals surface area (Å²) in [6, 6.07) is 5.47. The molecule has 1 unspecified atom stereocenters. The highest BCUT2D eigenvalue weighted by molar-refractivity contribution is 5.92. The number of hydrogen-bond acceptors (Lipinski definition) is 5. The van der Waals surface area contributed by atoms with Gasteiger partial charge in [0, 0.05) is 23.7 Å². The molecular weight excluding hydrogens is 256 g/mol. The minimum atomic E-state index is -0.116. The van der Waals surface area contributed by atoms with Gasteiger partial charge in [0.05, 0.1) is 0 Å². The van der Waals surface area contributed by atoms with Crippen molar-refractivity contribution in [1.82, 2.24) is 10.2 Å². The van der Waals surface area contributed by atoms with Crippen LogP contribution in [-0.4, -0.2) is 22.1 Å². The normalized spacial score (nSPS) is 12.2. The number of hydrogen-bond donors (Lipinski definition) is 2. The molecule has 1 heterocycles. The first-order valence-electron chi connectivity index (χ1n) is 6.52. The molecule has 2 aromatic rings. The summed E-state index contributed by atoms with van der Waals surface area (Å²) in [7, 11) is 0. The van der Waals surface area contributed by atoms with E-state index in [0.717, 1.165) is 23.2 Å². The fourth-order valence-electron chi connectivity index (χ4n) is 1.77. The molecule has 0 fully saturated rings. The molecule has 0 aliphatic rings. The Bertz CT molecular complexity index is 581. The lowest BCUT2D eigenvalue weighted by Gasteiger charge is -2.12. The Labute approximate surface area is 117 Å². The highest BCUT2D eigenvalue weighted by Crippen LogP contribution is 2.24. The summed E-state index contributed by atoms with van der Waals surface area (Å²) in [4.78, 5) is 11.9. The van der Waals surface area contributed by atoms with Crippen molar-refractivity contribution >= 4 is 11.6 Å². The molecule has 0 aliphatic carbocycles. The van der Waals surface area contributed by atoms with Crippen molar-refractivity contribution in [2.75, 3.05) is 5.32 Å². The Balaban J connectivity index is 2.15. The Morgan fingerprint density at radius 1 is 1.50 bits per heavy atom. The first-order valence-corrected chi connectivity index (χ1v) is 6.52. The zero-order chi connectivity index (χ0) is 14.5. The Morgan fingerprint density at radius 2 is 2.30 bits per heavy atom. The standard InChI is InChI=1S/C14H18N4O2/c1-3-11(15)7-13(19)17-12-6-10(5-4-9(12)2)14-18-16-8-20-14/h4-6,8,11H,3,7,15H2,1-2H3,(H,17,19). The highest BCUT2D eigenvalue weighted by atomic mass is 16.4. The fourth-order valence-corrected chi connectivity index (χ4v) is 1.77. The van der Waals surface area contributed by atoms with E-state index >= 15 is 0 Å². The molecule has 0 bridgehead atoms. The van der Waals surface area contributed by atoms with Crippen LogP contribution in [0.25, 0.3) is 11.5 Å². The van der Waals surface area contributed by atoms with Crippen LogP contribution in [0.5, 0.6) is 0 Å². The van der Waals surface area contributed by atoms with Crippen molar-refractivity contribution in [3.05, 3.63) is 30.2 Å². The molecule has 2 rings (SSSR count). The van der Waals surface area contributed by atoms with Gasteiger partial charge < -0.3 is 15.5 Å². The molecule has 1 amide bonds. The number of carbonyl (C=O) groups excluding carboxylic acids is 1. The summed E-state index contributed by atoms with van der Waals surface area (Å²) < 4.78 is 5.15. The van der Waals surface area contributed by atoms with Crippen LogP contribution in [0.3, 0.4) is 0 Å². The van der Waals surface area contributed by atoms with E-state index in [1.807, 2.05) is 32.0 Å². The maximum atomic E-state index is 11.9. The smallest absolute Gasteiger partial charge is 0.247 e. The van der Waals surface area contributed by atoms with Crippen LogP contribution >= 0.6 is 0 Å². The molecular formula is C14H18N4O2. The quantitative estimate of drug-likeness (QED) is 0.870. The van der Waals surface area contributed by atoms with E-state index in [2.05, 4.69) is 15.5 Å². The SMILES string of the molecule is CCC(N)CC(=O)Nc1cc(-c2nnco2)ccc1C. The number of aromatic nitrogens is 2. The van der Waals surface area contributed by atoms with E-state index in [-0.39, 0.29) is 11.9 Å². The molecule has 6 nitrogen and oxygen atoms in total. The zero-order valence-corrected chi connectivity index (χ0v) is 11.6. The molecule has 0 saturated heterocycles. The van der Waals surface area contributed by atoms with Crippen LogP contribution in [0.4, 0.5) is 5.69 Å². The topological polar surface area (TPSA) is 94.0 Å². The van der Waals surface area contributed by atoms with Crippen LogP contribution in [-0.2, 0) is 4.79 Å². The summed E-state index contributed by atoms with van der Waals surface area (Å²) in [5.74, 6) is 0.330. The number of rotatable bonds is 5. The van der Waals surface area contributed by atoms with Crippen LogP contribution in [0.15, 0.2) is 29.0 Å². The summed E-state index contributed by atoms with van der Waals surface area (Å²) in [5.41, 5.74) is 8.24. The first kappa shape index (κ1) is 14.2. The van der Waals surface area contributed by atoms with Gasteiger partial charge in [-0.3, -0.25) is 4.79 Å². The third-order valence-corrected chi connectivity index (χ3v) is 3.09. The number of nitrogens with two attached hydrogens (primary N) is 1. The minimum absolute atomic E-state index is 0.0925. The monoisotopic (exact) mass is 274 g/mol. The first-order chi connectivity index (χ1) is 9.60. The van der Waals surface area contributed by atoms with Gasteiger partial charge >= 0.3 is 0 Å². The number of nitrogens with one attached hydrogen (secondary N) is 1. The maximum Gasteiger partial charge on any atom is 0.247 e. The Morgan fingerprint density at radius 3 is 2.95 bits per heavy atom. The van der Waals surface area contributed by atoms with Gasteiger partial charge in [-0.05, 0) is 31.0 Å². The van der Waals surface area contributed by atoms with Gasteiger partial charge in [-0.1, -0.05) is 13.0 Å². The molecule has 106 valence electrons. The highest BCUT2D eigenvalue weighted by Gasteiger charge is 2.11. The molecule has 0 radical (unpaired) electrons. The maximum absolute atomic E-state index is 11.9. The van der Waals surface area contributed by atoms with E-state index in [1.165, 1.54) is 6.39 Å². The second kappa shape index (κ2) is 6.29. The van der Waals surface area contributed by atoms with E-state index in [9.17, 15) is 4.79 Å². The van der Waals surface area contributed by atoms with Gasteiger partial charge in [-0.2, -0.15) is 0 Å². The number of amides is 1. The molecule has 1 aromatic carbocycles. The zero-order valence-electron chi connectivity index (χ0n) is 11.6. The number of anilines is 1. The number of nitrogens with zero attached hydrogens (tertiary/aromatic N) is 2. The van der Waals surface area contributed by atoms with Crippen LogP contribution < -0.4 is 11.1 Å². The number of carbonyl (C=O) groups is 1. The van der Waals surface area contributed by atoms with E-state index in [0.29, 0.717) is 12.3 Å². The third kappa shape index (κ3) is 3.42. The lowest BCUT2D eigenvalue weighted by Crippen LogP contribution is -2.26. The number of aryl methyl sites for hydroxylation is 1. The van der Waals surface area contributed by atoms with E-state index in [1.54, 1.807) is 0 Å². The van der Waals surface area contributed by atoms with Gasteiger partial charge in [-0.25, -0.2) is 0 Å². The number of benzene rings is 1. The molecule has 0 aliphatic heterocycles. The molecule has 20 heavy (non-hydrogen) atoms. The second-order valence-electron chi connectivity index (χ2n) is 4.69. The van der Waals surface area contributed by atoms with Crippen molar-refractivity contribution in [1.29, 1.82) is 0 Å². The molecule has 1 aromatic heterocycles. The van der Waals surface area contributed by atoms with Crippen molar-refractivity contribution in [2.45, 2.75) is 32.7 Å². The van der Waals surface area contributed by atoms with Crippen LogP contribution in [0.1, 0.15) is 25.3 Å². The van der Waals surface area contributed by atoms with Crippen molar-refractivity contribution in [3.8, 4) is 11.5 Å². The second-order valence-corrected chi connectivity index (χ2v) is 4.69. The summed E-state index contributed by atoms with van der Waals surface area (Å²) >= 11 is 0. The summed E-state index contributed by atoms with van der Waals surface area (Å²) in [6.07, 6.45) is 2.35. The lowest BCUT2D eigenvalue weighted by atomic mass is 10.1.